The van der Waals surface area contributed by atoms with Gasteiger partial charge in [0, 0.05) is 18.3 Å². The first-order chi connectivity index (χ1) is 16.9. The van der Waals surface area contributed by atoms with Crippen molar-refractivity contribution >= 4 is 23.7 Å². The summed E-state index contributed by atoms with van der Waals surface area (Å²) in [6, 6.07) is -3.86. The standard InChI is InChI=1S/C24H43N7O5/c1-14(2)9-17(26)21(32)29-18(7-5-6-8-25)22(33)30-19(10-15(3)4)23(34)31-20(24(35)36)11-16-12-27-13-28-16/h12-15,17-20H,5-11,25-26H2,1-4H3,(H,27,28)(H,29,32)(H,30,33)(H,31,34)(H,35,36). The van der Waals surface area contributed by atoms with E-state index in [-0.39, 0.29) is 24.7 Å². The van der Waals surface area contributed by atoms with Crippen LogP contribution in [0.3, 0.4) is 0 Å². The van der Waals surface area contributed by atoms with E-state index in [4.69, 9.17) is 11.5 Å². The zero-order valence-electron chi connectivity index (χ0n) is 21.8. The monoisotopic (exact) mass is 509 g/mol. The molecule has 1 heterocycles. The maximum atomic E-state index is 13.2. The molecule has 12 heteroatoms. The number of carbonyl (C=O) groups excluding carboxylic acids is 3. The third-order valence-corrected chi connectivity index (χ3v) is 5.58. The number of unbranched alkanes of at least 4 members (excludes halogenated alkanes) is 1. The molecule has 0 spiro atoms. The Bertz CT molecular complexity index is 829. The number of carboxylic acids is 1. The molecule has 1 rings (SSSR count). The quantitative estimate of drug-likeness (QED) is 0.142. The molecule has 0 radical (unpaired) electrons. The molecule has 0 saturated heterocycles. The number of imidazole rings is 1. The van der Waals surface area contributed by atoms with E-state index in [0.717, 1.165) is 0 Å². The number of aromatic amines is 1. The fourth-order valence-corrected chi connectivity index (χ4v) is 3.72. The van der Waals surface area contributed by atoms with Gasteiger partial charge in [-0.2, -0.15) is 0 Å². The number of carboxylic acid groups (broad SMARTS) is 1. The molecule has 1 aromatic rings. The lowest BCUT2D eigenvalue weighted by Gasteiger charge is -2.26. The first-order valence-corrected chi connectivity index (χ1v) is 12.5. The van der Waals surface area contributed by atoms with Crippen LogP contribution in [0.2, 0.25) is 0 Å². The molecule has 0 saturated carbocycles. The summed E-state index contributed by atoms with van der Waals surface area (Å²) in [6.07, 6.45) is 5.25. The zero-order valence-corrected chi connectivity index (χ0v) is 21.8. The smallest absolute Gasteiger partial charge is 0.326 e. The Balaban J connectivity index is 2.97. The molecule has 9 N–H and O–H groups in total. The van der Waals surface area contributed by atoms with Crippen LogP contribution in [0.4, 0.5) is 0 Å². The molecule has 1 aromatic heterocycles. The summed E-state index contributed by atoms with van der Waals surface area (Å²) in [5, 5.41) is 17.5. The Morgan fingerprint density at radius 3 is 2.03 bits per heavy atom. The lowest BCUT2D eigenvalue weighted by molar-refractivity contribution is -0.142. The normalized spacial score (nSPS) is 14.7. The van der Waals surface area contributed by atoms with E-state index in [2.05, 4.69) is 25.9 Å². The minimum atomic E-state index is -1.21. The maximum Gasteiger partial charge on any atom is 0.326 e. The highest BCUT2D eigenvalue weighted by Gasteiger charge is 2.31. The molecule has 0 fully saturated rings. The van der Waals surface area contributed by atoms with Crippen LogP contribution in [0.15, 0.2) is 12.5 Å². The second-order valence-electron chi connectivity index (χ2n) is 9.95. The number of nitrogens with zero attached hydrogens (tertiary/aromatic N) is 1. The Kier molecular flexibility index (Phi) is 13.7. The molecular formula is C24H43N7O5. The number of aliphatic carboxylic acids is 1. The van der Waals surface area contributed by atoms with Gasteiger partial charge in [-0.1, -0.05) is 27.7 Å². The molecule has 0 aliphatic carbocycles. The van der Waals surface area contributed by atoms with Crippen molar-refractivity contribution in [2.24, 2.45) is 23.3 Å². The van der Waals surface area contributed by atoms with Gasteiger partial charge in [-0.15, -0.1) is 0 Å². The van der Waals surface area contributed by atoms with E-state index in [0.29, 0.717) is 37.9 Å². The number of hydrogen-bond donors (Lipinski definition) is 7. The van der Waals surface area contributed by atoms with Crippen LogP contribution in [0.5, 0.6) is 0 Å². The third kappa shape index (κ3) is 11.6. The molecule has 4 atom stereocenters. The van der Waals surface area contributed by atoms with E-state index >= 15 is 0 Å². The molecule has 204 valence electrons. The summed E-state index contributed by atoms with van der Waals surface area (Å²) in [6.45, 7) is 8.11. The number of amides is 3. The van der Waals surface area contributed by atoms with Crippen LogP contribution < -0.4 is 27.4 Å². The van der Waals surface area contributed by atoms with Crippen molar-refractivity contribution in [3.63, 3.8) is 0 Å². The average Bonchev–Trinajstić information content (AvgIpc) is 3.29. The molecule has 36 heavy (non-hydrogen) atoms. The van der Waals surface area contributed by atoms with E-state index in [1.54, 1.807) is 0 Å². The van der Waals surface area contributed by atoms with Gasteiger partial charge in [0.2, 0.25) is 17.7 Å². The highest BCUT2D eigenvalue weighted by molar-refractivity contribution is 5.94. The highest BCUT2D eigenvalue weighted by atomic mass is 16.4. The van der Waals surface area contributed by atoms with Crippen molar-refractivity contribution in [3.8, 4) is 0 Å². The number of hydrogen-bond acceptors (Lipinski definition) is 7. The molecule has 0 aromatic carbocycles. The predicted molar refractivity (Wildman–Crippen MR) is 136 cm³/mol. The summed E-state index contributed by atoms with van der Waals surface area (Å²) < 4.78 is 0. The highest BCUT2D eigenvalue weighted by Crippen LogP contribution is 2.10. The van der Waals surface area contributed by atoms with Gasteiger partial charge in [0.25, 0.3) is 0 Å². The van der Waals surface area contributed by atoms with Gasteiger partial charge in [-0.25, -0.2) is 9.78 Å². The van der Waals surface area contributed by atoms with Crippen LogP contribution in [0, 0.1) is 11.8 Å². The van der Waals surface area contributed by atoms with Gasteiger partial charge in [0.05, 0.1) is 12.4 Å². The summed E-state index contributed by atoms with van der Waals surface area (Å²) >= 11 is 0. The van der Waals surface area contributed by atoms with Crippen molar-refractivity contribution in [1.29, 1.82) is 0 Å². The topological polar surface area (TPSA) is 205 Å². The van der Waals surface area contributed by atoms with E-state index in [9.17, 15) is 24.3 Å². The Labute approximate surface area is 212 Å². The van der Waals surface area contributed by atoms with E-state index < -0.39 is 47.9 Å². The lowest BCUT2D eigenvalue weighted by Crippen LogP contribution is -2.57. The summed E-state index contributed by atoms with van der Waals surface area (Å²) in [7, 11) is 0. The summed E-state index contributed by atoms with van der Waals surface area (Å²) in [5.74, 6) is -2.56. The number of aromatic nitrogens is 2. The van der Waals surface area contributed by atoms with Crippen LogP contribution >= 0.6 is 0 Å². The number of rotatable bonds is 17. The molecule has 4 unspecified atom stereocenters. The van der Waals surface area contributed by atoms with E-state index in [1.165, 1.54) is 12.5 Å². The number of nitrogens with two attached hydrogens (primary N) is 2. The molecule has 3 amide bonds. The first kappa shape index (κ1) is 31.0. The van der Waals surface area contributed by atoms with Gasteiger partial charge >= 0.3 is 5.97 Å². The van der Waals surface area contributed by atoms with Crippen LogP contribution in [-0.2, 0) is 25.6 Å². The summed E-state index contributed by atoms with van der Waals surface area (Å²) in [4.78, 5) is 57.2. The van der Waals surface area contributed by atoms with Gasteiger partial charge in [0.15, 0.2) is 0 Å². The first-order valence-electron chi connectivity index (χ1n) is 12.5. The Morgan fingerprint density at radius 2 is 1.50 bits per heavy atom. The van der Waals surface area contributed by atoms with Crippen LogP contribution in [0.25, 0.3) is 0 Å². The van der Waals surface area contributed by atoms with Gasteiger partial charge in [0.1, 0.15) is 18.1 Å². The van der Waals surface area contributed by atoms with Crippen LogP contribution in [-0.4, -0.2) is 69.5 Å². The molecule has 0 aliphatic heterocycles. The summed E-state index contributed by atoms with van der Waals surface area (Å²) in [5.41, 5.74) is 12.1. The Morgan fingerprint density at radius 1 is 0.917 bits per heavy atom. The van der Waals surface area contributed by atoms with Crippen molar-refractivity contribution in [2.45, 2.75) is 90.4 Å². The molecule has 0 bridgehead atoms. The Hall–Kier alpha value is -2.99. The largest absolute Gasteiger partial charge is 0.480 e. The van der Waals surface area contributed by atoms with Crippen LogP contribution in [0.1, 0.15) is 65.5 Å². The second-order valence-corrected chi connectivity index (χ2v) is 9.95. The fourth-order valence-electron chi connectivity index (χ4n) is 3.72. The van der Waals surface area contributed by atoms with Gasteiger partial charge in [-0.3, -0.25) is 14.4 Å². The fraction of sp³-hybridized carbons (Fsp3) is 0.708. The predicted octanol–water partition coefficient (Wildman–Crippen LogP) is 0.0397. The minimum Gasteiger partial charge on any atom is -0.480 e. The van der Waals surface area contributed by atoms with Crippen molar-refractivity contribution in [2.75, 3.05) is 6.54 Å². The maximum absolute atomic E-state index is 13.2. The average molecular weight is 510 g/mol. The number of carbonyl (C=O) groups is 4. The van der Waals surface area contributed by atoms with Crippen molar-refractivity contribution in [1.82, 2.24) is 25.9 Å². The third-order valence-electron chi connectivity index (χ3n) is 5.58. The number of nitrogens with one attached hydrogen (secondary N) is 4. The minimum absolute atomic E-state index is 0.00886. The zero-order chi connectivity index (χ0) is 27.3. The van der Waals surface area contributed by atoms with Gasteiger partial charge < -0.3 is 37.5 Å². The molecule has 12 nitrogen and oxygen atoms in total. The second kappa shape index (κ2) is 15.9. The number of H-pyrrole nitrogens is 1. The van der Waals surface area contributed by atoms with Crippen molar-refractivity contribution < 1.29 is 24.3 Å². The SMILES string of the molecule is CC(C)CC(N)C(=O)NC(CCCCN)C(=O)NC(CC(C)C)C(=O)NC(Cc1cnc[nH]1)C(=O)O. The lowest BCUT2D eigenvalue weighted by atomic mass is 10.0. The van der Waals surface area contributed by atoms with Gasteiger partial charge in [-0.05, 0) is 50.5 Å². The molecular weight excluding hydrogens is 466 g/mol. The molecule has 0 aliphatic rings. The van der Waals surface area contributed by atoms with E-state index in [1.807, 2.05) is 27.7 Å². The van der Waals surface area contributed by atoms with Crippen molar-refractivity contribution in [3.05, 3.63) is 18.2 Å².